The fourth-order valence-corrected chi connectivity index (χ4v) is 4.27. The van der Waals surface area contributed by atoms with Crippen molar-refractivity contribution in [3.63, 3.8) is 0 Å². The first-order chi connectivity index (χ1) is 8.88. The number of amides is 1. The summed E-state index contributed by atoms with van der Waals surface area (Å²) in [5.74, 6) is 0.746. The van der Waals surface area contributed by atoms with Gasteiger partial charge < -0.3 is 9.80 Å². The molecule has 0 radical (unpaired) electrons. The Morgan fingerprint density at radius 2 is 1.84 bits per heavy atom. The summed E-state index contributed by atoms with van der Waals surface area (Å²) in [5.41, 5.74) is -0.954. The maximum absolute atomic E-state index is 12.9. The molecule has 4 heteroatoms. The lowest BCUT2D eigenvalue weighted by Crippen LogP contribution is -2.54. The third kappa shape index (κ3) is 1.69. The van der Waals surface area contributed by atoms with Gasteiger partial charge in [0.15, 0.2) is 5.78 Å². The van der Waals surface area contributed by atoms with Gasteiger partial charge in [-0.25, -0.2) is 0 Å². The van der Waals surface area contributed by atoms with E-state index < -0.39 is 5.41 Å². The highest BCUT2D eigenvalue weighted by molar-refractivity contribution is 6.10. The fraction of sp³-hybridized carbons (Fsp3) is 0.867. The summed E-state index contributed by atoms with van der Waals surface area (Å²) < 4.78 is 0. The highest BCUT2D eigenvalue weighted by atomic mass is 16.2. The summed E-state index contributed by atoms with van der Waals surface area (Å²) in [6, 6.07) is 0. The summed E-state index contributed by atoms with van der Waals surface area (Å²) in [5, 5.41) is 0. The highest BCUT2D eigenvalue weighted by Crippen LogP contribution is 2.60. The molecule has 3 aliphatic rings. The quantitative estimate of drug-likeness (QED) is 0.667. The van der Waals surface area contributed by atoms with Crippen molar-refractivity contribution in [1.82, 2.24) is 9.80 Å². The zero-order chi connectivity index (χ0) is 13.8. The summed E-state index contributed by atoms with van der Waals surface area (Å²) in [6.07, 6.45) is 2.62. The van der Waals surface area contributed by atoms with E-state index in [1.165, 1.54) is 0 Å². The van der Waals surface area contributed by atoms with Gasteiger partial charge in [0.2, 0.25) is 5.91 Å². The predicted molar refractivity (Wildman–Crippen MR) is 72.6 cm³/mol. The molecule has 1 amide bonds. The summed E-state index contributed by atoms with van der Waals surface area (Å²) >= 11 is 0. The van der Waals surface area contributed by atoms with Crippen LogP contribution >= 0.6 is 0 Å². The molecule has 106 valence electrons. The van der Waals surface area contributed by atoms with Crippen LogP contribution in [0.3, 0.4) is 0 Å². The molecule has 0 aromatic heterocycles. The van der Waals surface area contributed by atoms with Crippen molar-refractivity contribution in [2.75, 3.05) is 33.2 Å². The van der Waals surface area contributed by atoms with Gasteiger partial charge in [0, 0.05) is 31.6 Å². The van der Waals surface area contributed by atoms with E-state index >= 15 is 0 Å². The number of likely N-dealkylation sites (N-methyl/N-ethyl adjacent to an activating group) is 1. The number of Topliss-reactive ketones (excluding diaryl/α,β-unsaturated/α-hetero) is 1. The van der Waals surface area contributed by atoms with Gasteiger partial charge in [-0.3, -0.25) is 9.59 Å². The zero-order valence-corrected chi connectivity index (χ0v) is 12.2. The van der Waals surface area contributed by atoms with Gasteiger partial charge in [-0.15, -0.1) is 0 Å². The Hall–Kier alpha value is -0.900. The fourth-order valence-electron chi connectivity index (χ4n) is 4.27. The van der Waals surface area contributed by atoms with Crippen LogP contribution < -0.4 is 0 Å². The van der Waals surface area contributed by atoms with E-state index in [1.807, 2.05) is 18.7 Å². The Kier molecular flexibility index (Phi) is 2.79. The maximum atomic E-state index is 12.9. The Morgan fingerprint density at radius 3 is 2.37 bits per heavy atom. The molecule has 1 heterocycles. The van der Waals surface area contributed by atoms with E-state index in [1.54, 1.807) is 0 Å². The number of carbonyl (C=O) groups excluding carboxylic acids is 2. The Morgan fingerprint density at radius 1 is 1.21 bits per heavy atom. The average Bonchev–Trinajstić information content (AvgIpc) is 2.90. The van der Waals surface area contributed by atoms with Crippen LogP contribution in [-0.4, -0.2) is 54.7 Å². The largest absolute Gasteiger partial charge is 0.339 e. The topological polar surface area (TPSA) is 40.6 Å². The minimum atomic E-state index is -0.663. The van der Waals surface area contributed by atoms with E-state index in [4.69, 9.17) is 0 Å². The molecule has 0 unspecified atom stereocenters. The van der Waals surface area contributed by atoms with E-state index in [9.17, 15) is 9.59 Å². The number of rotatable bonds is 1. The molecule has 0 N–H and O–H groups in total. The summed E-state index contributed by atoms with van der Waals surface area (Å²) in [6.45, 7) is 7.44. The molecule has 2 aliphatic carbocycles. The zero-order valence-electron chi connectivity index (χ0n) is 12.2. The van der Waals surface area contributed by atoms with E-state index in [0.29, 0.717) is 5.92 Å². The van der Waals surface area contributed by atoms with Gasteiger partial charge in [0.1, 0.15) is 5.41 Å². The minimum Gasteiger partial charge on any atom is -0.339 e. The second-order valence-corrected chi connectivity index (χ2v) is 7.17. The van der Waals surface area contributed by atoms with Gasteiger partial charge in [-0.05, 0) is 32.2 Å². The second kappa shape index (κ2) is 4.05. The highest BCUT2D eigenvalue weighted by Gasteiger charge is 2.65. The van der Waals surface area contributed by atoms with Crippen LogP contribution in [0.4, 0.5) is 0 Å². The second-order valence-electron chi connectivity index (χ2n) is 7.17. The van der Waals surface area contributed by atoms with Crippen molar-refractivity contribution in [2.45, 2.75) is 33.1 Å². The first kappa shape index (κ1) is 13.1. The van der Waals surface area contributed by atoms with Crippen LogP contribution in [0, 0.1) is 16.7 Å². The van der Waals surface area contributed by atoms with E-state index in [0.717, 1.165) is 45.4 Å². The third-order valence-corrected chi connectivity index (χ3v) is 5.75. The van der Waals surface area contributed by atoms with Crippen LogP contribution in [0.25, 0.3) is 0 Å². The first-order valence-corrected chi connectivity index (χ1v) is 7.41. The van der Waals surface area contributed by atoms with Crippen molar-refractivity contribution in [1.29, 1.82) is 0 Å². The first-order valence-electron chi connectivity index (χ1n) is 7.41. The molecule has 4 nitrogen and oxygen atoms in total. The number of hydrogen-bond donors (Lipinski definition) is 0. The van der Waals surface area contributed by atoms with Gasteiger partial charge in [-0.2, -0.15) is 0 Å². The molecule has 2 atom stereocenters. The van der Waals surface area contributed by atoms with Crippen molar-refractivity contribution < 1.29 is 9.59 Å². The molecular weight excluding hydrogens is 240 g/mol. The van der Waals surface area contributed by atoms with Crippen molar-refractivity contribution in [3.8, 4) is 0 Å². The predicted octanol–water partition coefficient (Wildman–Crippen LogP) is 1.16. The molecular formula is C15H24N2O2. The third-order valence-electron chi connectivity index (χ3n) is 5.75. The van der Waals surface area contributed by atoms with E-state index in [-0.39, 0.29) is 17.1 Å². The molecule has 19 heavy (non-hydrogen) atoms. The van der Waals surface area contributed by atoms with Crippen LogP contribution in [0.5, 0.6) is 0 Å². The number of fused-ring (bicyclic) bond motifs is 2. The van der Waals surface area contributed by atoms with Crippen LogP contribution in [0.15, 0.2) is 0 Å². The molecule has 2 saturated carbocycles. The molecule has 1 saturated heterocycles. The minimum absolute atomic E-state index is 0.124. The molecule has 3 rings (SSSR count). The van der Waals surface area contributed by atoms with E-state index in [2.05, 4.69) is 11.9 Å². The summed E-state index contributed by atoms with van der Waals surface area (Å²) in [7, 11) is 2.08. The molecule has 1 aliphatic heterocycles. The Labute approximate surface area is 115 Å². The lowest BCUT2D eigenvalue weighted by atomic mass is 9.70. The van der Waals surface area contributed by atoms with Crippen molar-refractivity contribution in [2.24, 2.45) is 16.7 Å². The van der Waals surface area contributed by atoms with Crippen molar-refractivity contribution in [3.05, 3.63) is 0 Å². The lowest BCUT2D eigenvalue weighted by molar-refractivity contribution is -0.152. The maximum Gasteiger partial charge on any atom is 0.236 e. The van der Waals surface area contributed by atoms with Crippen LogP contribution in [-0.2, 0) is 9.59 Å². The van der Waals surface area contributed by atoms with Crippen LogP contribution in [0.2, 0.25) is 0 Å². The van der Waals surface area contributed by atoms with Gasteiger partial charge in [0.05, 0.1) is 0 Å². The Balaban J connectivity index is 1.82. The summed E-state index contributed by atoms with van der Waals surface area (Å²) in [4.78, 5) is 29.7. The number of ketones is 1. The van der Waals surface area contributed by atoms with Crippen molar-refractivity contribution >= 4 is 11.7 Å². The lowest BCUT2D eigenvalue weighted by Gasteiger charge is -2.39. The van der Waals surface area contributed by atoms with Gasteiger partial charge >= 0.3 is 0 Å². The Bertz CT molecular complexity index is 424. The molecule has 2 bridgehead atoms. The monoisotopic (exact) mass is 264 g/mol. The molecule has 0 spiro atoms. The smallest absolute Gasteiger partial charge is 0.236 e. The number of hydrogen-bond acceptors (Lipinski definition) is 3. The molecule has 3 fully saturated rings. The normalized spacial score (nSPS) is 37.9. The van der Waals surface area contributed by atoms with Gasteiger partial charge in [0.25, 0.3) is 0 Å². The van der Waals surface area contributed by atoms with Crippen LogP contribution in [0.1, 0.15) is 33.1 Å². The van der Waals surface area contributed by atoms with Gasteiger partial charge in [-0.1, -0.05) is 13.8 Å². The molecule has 0 aromatic rings. The molecule has 0 aromatic carbocycles. The number of carbonyl (C=O) groups is 2. The number of piperazine rings is 1. The SMILES string of the molecule is CN1CCN(C(=O)[C@@]23CC[C@H](C2)C(C)(C)C3=O)CC1. The average molecular weight is 264 g/mol. The standard InChI is InChI=1S/C15H24N2O2/c1-14(2)11-4-5-15(10-11,12(14)18)13(19)17-8-6-16(3)7-9-17/h11H,4-10H2,1-3H3/t11-,15+/m1/s1. The number of nitrogens with zero attached hydrogens (tertiary/aromatic N) is 2.